The summed E-state index contributed by atoms with van der Waals surface area (Å²) < 4.78 is 5.79. The maximum absolute atomic E-state index is 12.7. The molecule has 0 bridgehead atoms. The molecule has 0 unspecified atom stereocenters. The monoisotopic (exact) mass is 410 g/mol. The lowest BCUT2D eigenvalue weighted by molar-refractivity contribution is -0.122. The van der Waals surface area contributed by atoms with Gasteiger partial charge in [-0.25, -0.2) is 0 Å². The summed E-state index contributed by atoms with van der Waals surface area (Å²) in [4.78, 5) is 13.9. The lowest BCUT2D eigenvalue weighted by Gasteiger charge is -2.33. The number of ether oxygens (including phenoxy) is 1. The van der Waals surface area contributed by atoms with Crippen LogP contribution in [0.4, 0.5) is 5.00 Å². The first-order chi connectivity index (χ1) is 13.7. The number of benzene rings is 1. The van der Waals surface area contributed by atoms with E-state index >= 15 is 0 Å². The number of thiophene rings is 1. The van der Waals surface area contributed by atoms with Crippen LogP contribution < -0.4 is 10.1 Å². The molecule has 29 heavy (non-hydrogen) atoms. The number of nitrogens with one attached hydrogen (secondary N) is 1. The number of amides is 1. The summed E-state index contributed by atoms with van der Waals surface area (Å²) in [6.07, 6.45) is 3.29. The first-order valence-corrected chi connectivity index (χ1v) is 11.2. The van der Waals surface area contributed by atoms with Gasteiger partial charge in [0.2, 0.25) is 0 Å². The standard InChI is InChI=1S/C24H30N2O2S/c1-6-16-7-10-18(11-8-16)28-15(2)22(27)26-23-20(14-25)19-12-9-17(24(3,4)5)13-21(19)29-23/h7-8,10-11,15,17H,6,9,12-13H2,1-5H3,(H,26,27)/t15-,17+/m1/s1. The smallest absolute Gasteiger partial charge is 0.265 e. The number of aryl methyl sites for hydroxylation is 1. The minimum atomic E-state index is -0.643. The molecular weight excluding hydrogens is 380 g/mol. The highest BCUT2D eigenvalue weighted by molar-refractivity contribution is 7.16. The maximum Gasteiger partial charge on any atom is 0.265 e. The lowest BCUT2D eigenvalue weighted by Crippen LogP contribution is -2.30. The van der Waals surface area contributed by atoms with Gasteiger partial charge in [-0.2, -0.15) is 5.26 Å². The number of hydrogen-bond donors (Lipinski definition) is 1. The highest BCUT2D eigenvalue weighted by Gasteiger charge is 2.32. The maximum atomic E-state index is 12.7. The molecule has 0 spiro atoms. The SMILES string of the molecule is CCc1ccc(O[C@H](C)C(=O)Nc2sc3c(c2C#N)CC[C@H](C(C)(C)C)C3)cc1. The Bertz CT molecular complexity index is 916. The molecule has 1 amide bonds. The van der Waals surface area contributed by atoms with Crippen molar-refractivity contribution in [1.29, 1.82) is 5.26 Å². The molecule has 5 heteroatoms. The Morgan fingerprint density at radius 1 is 1.34 bits per heavy atom. The number of nitrogens with zero attached hydrogens (tertiary/aromatic N) is 1. The molecule has 0 saturated heterocycles. The van der Waals surface area contributed by atoms with Crippen LogP contribution >= 0.6 is 11.3 Å². The molecule has 0 fully saturated rings. The fourth-order valence-corrected chi connectivity index (χ4v) is 5.09. The molecule has 2 atom stereocenters. The highest BCUT2D eigenvalue weighted by Crippen LogP contribution is 2.44. The van der Waals surface area contributed by atoms with E-state index in [-0.39, 0.29) is 11.3 Å². The van der Waals surface area contributed by atoms with E-state index < -0.39 is 6.10 Å². The van der Waals surface area contributed by atoms with Gasteiger partial charge in [-0.15, -0.1) is 11.3 Å². The largest absolute Gasteiger partial charge is 0.481 e. The van der Waals surface area contributed by atoms with Gasteiger partial charge in [0.1, 0.15) is 16.8 Å². The van der Waals surface area contributed by atoms with Crippen molar-refractivity contribution in [1.82, 2.24) is 0 Å². The van der Waals surface area contributed by atoms with Crippen molar-refractivity contribution in [3.63, 3.8) is 0 Å². The van der Waals surface area contributed by atoms with Crippen LogP contribution in [0.3, 0.4) is 0 Å². The van der Waals surface area contributed by atoms with Gasteiger partial charge in [0, 0.05) is 4.88 Å². The van der Waals surface area contributed by atoms with E-state index in [0.29, 0.717) is 22.2 Å². The third-order valence-electron chi connectivity index (χ3n) is 5.85. The van der Waals surface area contributed by atoms with Crippen LogP contribution in [-0.2, 0) is 24.1 Å². The highest BCUT2D eigenvalue weighted by atomic mass is 32.1. The second-order valence-electron chi connectivity index (χ2n) is 8.87. The third kappa shape index (κ3) is 4.82. The van der Waals surface area contributed by atoms with Crippen molar-refractivity contribution in [3.05, 3.63) is 45.8 Å². The van der Waals surface area contributed by atoms with Gasteiger partial charge >= 0.3 is 0 Å². The Hall–Kier alpha value is -2.32. The number of nitriles is 1. The molecule has 2 aromatic rings. The number of anilines is 1. The fourth-order valence-electron chi connectivity index (χ4n) is 3.81. The van der Waals surface area contributed by atoms with Gasteiger partial charge in [0.05, 0.1) is 5.56 Å². The first kappa shape index (κ1) is 21.4. The van der Waals surface area contributed by atoms with Crippen molar-refractivity contribution in [3.8, 4) is 11.8 Å². The zero-order valence-electron chi connectivity index (χ0n) is 18.0. The molecule has 4 nitrogen and oxygen atoms in total. The van der Waals surface area contributed by atoms with Crippen LogP contribution in [-0.4, -0.2) is 12.0 Å². The number of hydrogen-bond acceptors (Lipinski definition) is 4. The van der Waals surface area contributed by atoms with E-state index in [0.717, 1.165) is 31.2 Å². The minimum Gasteiger partial charge on any atom is -0.481 e. The summed E-state index contributed by atoms with van der Waals surface area (Å²) >= 11 is 1.55. The third-order valence-corrected chi connectivity index (χ3v) is 7.02. The van der Waals surface area contributed by atoms with Crippen LogP contribution in [0.15, 0.2) is 24.3 Å². The summed E-state index contributed by atoms with van der Waals surface area (Å²) in [5.74, 6) is 1.04. The Morgan fingerprint density at radius 2 is 2.03 bits per heavy atom. The predicted octanol–water partition coefficient (Wildman–Crippen LogP) is 5.74. The molecule has 1 N–H and O–H groups in total. The van der Waals surface area contributed by atoms with Gasteiger partial charge in [-0.1, -0.05) is 39.8 Å². The Morgan fingerprint density at radius 3 is 2.62 bits per heavy atom. The molecule has 1 aromatic heterocycles. The number of rotatable bonds is 5. The van der Waals surface area contributed by atoms with E-state index in [4.69, 9.17) is 4.74 Å². The quantitative estimate of drug-likeness (QED) is 0.684. The molecular formula is C24H30N2O2S. The van der Waals surface area contributed by atoms with Crippen molar-refractivity contribution in [2.75, 3.05) is 5.32 Å². The molecule has 0 aliphatic heterocycles. The van der Waals surface area contributed by atoms with E-state index in [1.165, 1.54) is 10.4 Å². The Kier molecular flexibility index (Phi) is 6.33. The molecule has 1 aliphatic rings. The summed E-state index contributed by atoms with van der Waals surface area (Å²) in [5, 5.41) is 13.3. The number of fused-ring (bicyclic) bond motifs is 1. The summed E-state index contributed by atoms with van der Waals surface area (Å²) in [7, 11) is 0. The lowest BCUT2D eigenvalue weighted by atomic mass is 9.72. The summed E-state index contributed by atoms with van der Waals surface area (Å²) in [5.41, 5.74) is 3.22. The molecule has 1 aliphatic carbocycles. The van der Waals surface area contributed by atoms with Gasteiger partial charge in [0.15, 0.2) is 6.10 Å². The second-order valence-corrected chi connectivity index (χ2v) is 9.98. The van der Waals surface area contributed by atoms with E-state index in [2.05, 4.69) is 39.1 Å². The predicted molar refractivity (Wildman–Crippen MR) is 119 cm³/mol. The van der Waals surface area contributed by atoms with Crippen LogP contribution in [0.1, 0.15) is 62.6 Å². The van der Waals surface area contributed by atoms with Crippen LogP contribution in [0, 0.1) is 22.7 Å². The number of carbonyl (C=O) groups is 1. The Balaban J connectivity index is 1.71. The van der Waals surface area contributed by atoms with Crippen molar-refractivity contribution in [2.24, 2.45) is 11.3 Å². The molecule has 1 heterocycles. The van der Waals surface area contributed by atoms with Crippen LogP contribution in [0.2, 0.25) is 0 Å². The average molecular weight is 411 g/mol. The molecule has 0 radical (unpaired) electrons. The van der Waals surface area contributed by atoms with Crippen molar-refractivity contribution >= 4 is 22.2 Å². The van der Waals surface area contributed by atoms with Crippen LogP contribution in [0.5, 0.6) is 5.75 Å². The zero-order valence-corrected chi connectivity index (χ0v) is 18.8. The Labute approximate surface area is 177 Å². The first-order valence-electron chi connectivity index (χ1n) is 10.3. The topological polar surface area (TPSA) is 62.1 Å². The molecule has 3 rings (SSSR count). The van der Waals surface area contributed by atoms with Gasteiger partial charge in [-0.05, 0) is 67.2 Å². The average Bonchev–Trinajstić information content (AvgIpc) is 3.03. The molecule has 0 saturated carbocycles. The van der Waals surface area contributed by atoms with Crippen LogP contribution in [0.25, 0.3) is 0 Å². The van der Waals surface area contributed by atoms with Gasteiger partial charge in [0.25, 0.3) is 5.91 Å². The minimum absolute atomic E-state index is 0.230. The van der Waals surface area contributed by atoms with Crippen molar-refractivity contribution < 1.29 is 9.53 Å². The van der Waals surface area contributed by atoms with Gasteiger partial charge in [-0.3, -0.25) is 4.79 Å². The normalized spacial score (nSPS) is 17.2. The molecule has 154 valence electrons. The van der Waals surface area contributed by atoms with E-state index in [1.807, 2.05) is 24.3 Å². The number of carbonyl (C=O) groups excluding carboxylic acids is 1. The van der Waals surface area contributed by atoms with Crippen molar-refractivity contribution in [2.45, 2.75) is 66.4 Å². The van der Waals surface area contributed by atoms with E-state index in [9.17, 15) is 10.1 Å². The molecule has 1 aromatic carbocycles. The van der Waals surface area contributed by atoms with Gasteiger partial charge < -0.3 is 10.1 Å². The summed E-state index contributed by atoms with van der Waals surface area (Å²) in [6.45, 7) is 10.7. The zero-order chi connectivity index (χ0) is 21.2. The fraction of sp³-hybridized carbons (Fsp3) is 0.500. The summed E-state index contributed by atoms with van der Waals surface area (Å²) in [6, 6.07) is 10.1. The van der Waals surface area contributed by atoms with E-state index in [1.54, 1.807) is 18.3 Å². The second kappa shape index (κ2) is 8.59.